The molecule has 2 amide bonds. The number of nitrogens with one attached hydrogen (secondary N) is 3. The van der Waals surface area contributed by atoms with E-state index in [-0.39, 0.29) is 30.6 Å². The van der Waals surface area contributed by atoms with Crippen LogP contribution in [0.3, 0.4) is 0 Å². The number of carbonyl (C=O) groups is 2. The first-order chi connectivity index (χ1) is 18.5. The number of oxazole rings is 1. The summed E-state index contributed by atoms with van der Waals surface area (Å²) in [7, 11) is 0. The number of benzene rings is 2. The van der Waals surface area contributed by atoms with Gasteiger partial charge in [-0.25, -0.2) is 19.6 Å². The summed E-state index contributed by atoms with van der Waals surface area (Å²) >= 11 is 3.04. The third-order valence-corrected chi connectivity index (χ3v) is 6.92. The monoisotopic (exact) mass is 582 g/mol. The van der Waals surface area contributed by atoms with Crippen LogP contribution in [0.15, 0.2) is 51.9 Å². The third-order valence-electron chi connectivity index (χ3n) is 6.46. The summed E-state index contributed by atoms with van der Waals surface area (Å²) < 4.78 is 11.9. The number of urea groups is 1. The van der Waals surface area contributed by atoms with Gasteiger partial charge >= 0.3 is 17.8 Å². The van der Waals surface area contributed by atoms with Crippen molar-refractivity contribution in [3.63, 3.8) is 0 Å². The van der Waals surface area contributed by atoms with Crippen LogP contribution in [-0.4, -0.2) is 44.5 Å². The lowest BCUT2D eigenvalue weighted by Gasteiger charge is -2.22. The third kappa shape index (κ3) is 5.96. The molecule has 1 aliphatic carbocycles. The van der Waals surface area contributed by atoms with E-state index >= 15 is 0 Å². The molecule has 0 atom stereocenters. The van der Waals surface area contributed by atoms with E-state index in [9.17, 15) is 14.4 Å². The number of fused-ring (bicyclic) bond motifs is 2. The molecule has 5 rings (SSSR count). The fraction of sp³-hybridized carbons (Fsp3) is 0.346. The zero-order chi connectivity index (χ0) is 26.5. The Balaban J connectivity index is 1.31. The van der Waals surface area contributed by atoms with Gasteiger partial charge in [-0.1, -0.05) is 35.2 Å². The first-order valence-electron chi connectivity index (χ1n) is 12.4. The lowest BCUT2D eigenvalue weighted by atomic mass is 9.96. The number of halogens is 1. The molecule has 38 heavy (non-hydrogen) atoms. The molecule has 0 radical (unpaired) electrons. The Labute approximate surface area is 226 Å². The number of ether oxygens (including phenoxy) is 1. The molecule has 3 N–H and O–H groups in total. The molecular weight excluding hydrogens is 556 g/mol. The zero-order valence-corrected chi connectivity index (χ0v) is 22.1. The van der Waals surface area contributed by atoms with Gasteiger partial charge in [-0.3, -0.25) is 9.36 Å². The number of anilines is 3. The Kier molecular flexibility index (Phi) is 7.87. The van der Waals surface area contributed by atoms with Crippen LogP contribution >= 0.6 is 15.9 Å². The molecule has 11 nitrogen and oxygen atoms in total. The average molecular weight is 583 g/mol. The van der Waals surface area contributed by atoms with E-state index in [1.54, 1.807) is 12.1 Å². The summed E-state index contributed by atoms with van der Waals surface area (Å²) in [6.45, 7) is 0.182. The van der Waals surface area contributed by atoms with E-state index in [0.29, 0.717) is 33.5 Å². The zero-order valence-electron chi connectivity index (χ0n) is 20.5. The predicted octanol–water partition coefficient (Wildman–Crippen LogP) is 4.67. The second-order valence-electron chi connectivity index (χ2n) is 9.07. The van der Waals surface area contributed by atoms with Crippen molar-refractivity contribution < 1.29 is 18.7 Å². The van der Waals surface area contributed by atoms with Crippen molar-refractivity contribution in [3.8, 4) is 0 Å². The minimum atomic E-state index is -0.553. The van der Waals surface area contributed by atoms with Crippen LogP contribution in [0.25, 0.3) is 22.0 Å². The average Bonchev–Trinajstić information content (AvgIpc) is 3.23. The maximum absolute atomic E-state index is 12.4. The summed E-state index contributed by atoms with van der Waals surface area (Å²) in [5.74, 6) is -0.427. The predicted molar refractivity (Wildman–Crippen MR) is 147 cm³/mol. The van der Waals surface area contributed by atoms with Crippen molar-refractivity contribution in [2.24, 2.45) is 0 Å². The number of hydrogen-bond donors (Lipinski definition) is 3. The van der Waals surface area contributed by atoms with Crippen molar-refractivity contribution in [2.75, 3.05) is 22.6 Å². The van der Waals surface area contributed by atoms with Gasteiger partial charge in [0, 0.05) is 28.9 Å². The Morgan fingerprint density at radius 1 is 1.08 bits per heavy atom. The fourth-order valence-corrected chi connectivity index (χ4v) is 4.75. The highest BCUT2D eigenvalue weighted by atomic mass is 79.9. The summed E-state index contributed by atoms with van der Waals surface area (Å²) in [5, 5.41) is 9.97. The van der Waals surface area contributed by atoms with Crippen LogP contribution in [0.5, 0.6) is 0 Å². The number of hydrogen-bond acceptors (Lipinski definition) is 8. The molecule has 198 valence electrons. The largest absolute Gasteiger partial charge is 0.463 e. The molecule has 2 aromatic heterocycles. The molecule has 1 aliphatic rings. The van der Waals surface area contributed by atoms with Crippen molar-refractivity contribution in [2.45, 2.75) is 44.7 Å². The Morgan fingerprint density at radius 3 is 2.61 bits per heavy atom. The molecule has 2 aromatic carbocycles. The number of aromatic nitrogens is 3. The van der Waals surface area contributed by atoms with Gasteiger partial charge in [-0.2, -0.15) is 0 Å². The van der Waals surface area contributed by atoms with Crippen molar-refractivity contribution in [3.05, 3.63) is 53.3 Å². The van der Waals surface area contributed by atoms with Gasteiger partial charge < -0.3 is 25.1 Å². The fourth-order valence-electron chi connectivity index (χ4n) is 4.59. The highest BCUT2D eigenvalue weighted by Crippen LogP contribution is 2.28. The summed E-state index contributed by atoms with van der Waals surface area (Å²) in [6.07, 6.45) is 7.01. The van der Waals surface area contributed by atoms with Gasteiger partial charge in [-0.15, -0.1) is 0 Å². The van der Waals surface area contributed by atoms with Crippen LogP contribution in [-0.2, 0) is 16.1 Å². The second-order valence-corrected chi connectivity index (χ2v) is 9.63. The highest BCUT2D eigenvalue weighted by Gasteiger charge is 2.16. The van der Waals surface area contributed by atoms with Crippen molar-refractivity contribution >= 4 is 67.1 Å². The molecule has 0 spiro atoms. The van der Waals surface area contributed by atoms with Crippen LogP contribution in [0.4, 0.5) is 22.0 Å². The van der Waals surface area contributed by atoms with Gasteiger partial charge in [0.05, 0.1) is 17.6 Å². The molecule has 12 heteroatoms. The highest BCUT2D eigenvalue weighted by molar-refractivity contribution is 9.09. The van der Waals surface area contributed by atoms with Crippen LogP contribution in [0, 0.1) is 0 Å². The van der Waals surface area contributed by atoms with Crippen LogP contribution in [0.2, 0.25) is 0 Å². The maximum atomic E-state index is 12.4. The number of alkyl halides is 1. The minimum Gasteiger partial charge on any atom is -0.463 e. The lowest BCUT2D eigenvalue weighted by Crippen LogP contribution is -2.38. The maximum Gasteiger partial charge on any atom is 0.420 e. The van der Waals surface area contributed by atoms with Crippen LogP contribution in [0.1, 0.15) is 32.1 Å². The molecule has 0 aliphatic heterocycles. The quantitative estimate of drug-likeness (QED) is 0.201. The number of carbonyl (C=O) groups excluding carboxylic acids is 2. The number of amides is 2. The van der Waals surface area contributed by atoms with Gasteiger partial charge in [0.2, 0.25) is 0 Å². The number of esters is 1. The number of rotatable bonds is 8. The summed E-state index contributed by atoms with van der Waals surface area (Å²) in [4.78, 5) is 44.9. The van der Waals surface area contributed by atoms with Crippen LogP contribution < -0.4 is 21.7 Å². The summed E-state index contributed by atoms with van der Waals surface area (Å²) in [6, 6.07) is 10.8. The van der Waals surface area contributed by atoms with Gasteiger partial charge in [-0.05, 0) is 43.2 Å². The lowest BCUT2D eigenvalue weighted by molar-refractivity contribution is -0.140. The van der Waals surface area contributed by atoms with E-state index in [1.807, 2.05) is 24.3 Å². The first kappa shape index (κ1) is 25.7. The molecular formula is C26H27BrN6O5. The van der Waals surface area contributed by atoms with Crippen molar-refractivity contribution in [1.82, 2.24) is 19.9 Å². The Bertz CT molecular complexity index is 1510. The minimum absolute atomic E-state index is 0.0342. The topological polar surface area (TPSA) is 140 Å². The van der Waals surface area contributed by atoms with Gasteiger partial charge in [0.1, 0.15) is 24.1 Å². The molecule has 0 bridgehead atoms. The smallest absolute Gasteiger partial charge is 0.420 e. The Morgan fingerprint density at radius 2 is 1.84 bits per heavy atom. The number of nitrogens with zero attached hydrogens (tertiary/aromatic N) is 3. The van der Waals surface area contributed by atoms with Gasteiger partial charge in [0.25, 0.3) is 0 Å². The second kappa shape index (κ2) is 11.6. The van der Waals surface area contributed by atoms with E-state index < -0.39 is 11.7 Å². The molecule has 1 saturated carbocycles. The van der Waals surface area contributed by atoms with E-state index in [0.717, 1.165) is 31.4 Å². The normalized spacial score (nSPS) is 13.9. The standard InChI is InChI=1S/C26H27BrN6O5/c27-14-23(34)37-11-10-33-21-12-19-20(13-22(21)38-26(33)36)28-15-29-24(19)30-17-6-8-18(9-7-17)32-25(35)31-16-4-2-1-3-5-16/h6-9,12-13,15-16H,1-5,10-11,14H2,(H,28,29,30)(H2,31,32,35). The molecule has 4 aromatic rings. The molecule has 0 saturated heterocycles. The summed E-state index contributed by atoms with van der Waals surface area (Å²) in [5.41, 5.74) is 2.95. The van der Waals surface area contributed by atoms with E-state index in [4.69, 9.17) is 9.15 Å². The molecule has 2 heterocycles. The van der Waals surface area contributed by atoms with Gasteiger partial charge in [0.15, 0.2) is 5.58 Å². The molecule has 0 unspecified atom stereocenters. The SMILES string of the molecule is O=C(Nc1ccc(Nc2ncnc3cc4oc(=O)n(CCOC(=O)CBr)c4cc23)cc1)NC1CCCCC1. The molecule has 1 fully saturated rings. The van der Waals surface area contributed by atoms with Crippen molar-refractivity contribution in [1.29, 1.82) is 0 Å². The Hall–Kier alpha value is -3.93. The van der Waals surface area contributed by atoms with E-state index in [2.05, 4.69) is 41.8 Å². The first-order valence-corrected chi connectivity index (χ1v) is 13.6. The van der Waals surface area contributed by atoms with E-state index in [1.165, 1.54) is 17.3 Å².